The third-order valence-corrected chi connectivity index (χ3v) is 7.84. The normalized spacial score (nSPS) is 16.6. The van der Waals surface area contributed by atoms with Crippen molar-refractivity contribution in [2.45, 2.75) is 49.1 Å². The zero-order valence-electron chi connectivity index (χ0n) is 19.1. The van der Waals surface area contributed by atoms with Gasteiger partial charge < -0.3 is 10.0 Å². The number of rotatable bonds is 9. The smallest absolute Gasteiger partial charge is 0.234 e. The average Bonchev–Trinajstić information content (AvgIpc) is 3.63. The number of nitrogens with one attached hydrogen (secondary N) is 1. The highest BCUT2D eigenvalue weighted by Gasteiger charge is 2.29. The van der Waals surface area contributed by atoms with Gasteiger partial charge in [-0.25, -0.2) is 4.98 Å². The minimum Gasteiger partial charge on any atom is -0.396 e. The number of aliphatic hydroxyl groups is 1. The van der Waals surface area contributed by atoms with Crippen molar-refractivity contribution in [3.05, 3.63) is 40.9 Å². The predicted octanol–water partition coefficient (Wildman–Crippen LogP) is 4.26. The monoisotopic (exact) mass is 496 g/mol. The topological polar surface area (TPSA) is 104 Å². The van der Waals surface area contributed by atoms with Crippen LogP contribution >= 0.6 is 23.1 Å². The molecule has 2 N–H and O–H groups in total. The third-order valence-electron chi connectivity index (χ3n) is 6.14. The van der Waals surface area contributed by atoms with Crippen LogP contribution in [0.2, 0.25) is 0 Å². The molecule has 3 aromatic rings. The number of aromatic nitrogens is 4. The van der Waals surface area contributed by atoms with Crippen LogP contribution in [0, 0.1) is 18.8 Å². The van der Waals surface area contributed by atoms with Gasteiger partial charge in [-0.15, -0.1) is 11.3 Å². The number of piperidine rings is 1. The van der Waals surface area contributed by atoms with Gasteiger partial charge in [-0.05, 0) is 68.0 Å². The summed E-state index contributed by atoms with van der Waals surface area (Å²) in [6, 6.07) is 8.07. The van der Waals surface area contributed by atoms with Crippen molar-refractivity contribution in [2.24, 2.45) is 11.8 Å². The number of thiazole rings is 1. The van der Waals surface area contributed by atoms with Crippen molar-refractivity contribution in [1.82, 2.24) is 19.9 Å². The maximum Gasteiger partial charge on any atom is 0.234 e. The zero-order valence-corrected chi connectivity index (χ0v) is 20.7. The van der Waals surface area contributed by atoms with Gasteiger partial charge in [0.15, 0.2) is 10.3 Å². The maximum atomic E-state index is 12.1. The van der Waals surface area contributed by atoms with Crippen LogP contribution in [0.5, 0.6) is 0 Å². The number of hydrogen-bond acceptors (Lipinski definition) is 10. The van der Waals surface area contributed by atoms with Crippen LogP contribution in [-0.4, -0.2) is 50.5 Å². The Hall–Kier alpha value is -2.56. The summed E-state index contributed by atoms with van der Waals surface area (Å²) in [6.07, 6.45) is 6.25. The SMILES string of the molecule is Cc1cnc(Nc2nc(Sc3ccc(CC(=O)C4CC4)cc3)nc(N3CCC(CO)CC3)n2)s1. The third kappa shape index (κ3) is 5.92. The van der Waals surface area contributed by atoms with Crippen LogP contribution in [0.15, 0.2) is 40.5 Å². The van der Waals surface area contributed by atoms with Gasteiger partial charge in [-0.3, -0.25) is 10.1 Å². The molecular weight excluding hydrogens is 468 g/mol. The Kier molecular flexibility index (Phi) is 7.07. The Labute approximate surface area is 207 Å². The highest BCUT2D eigenvalue weighted by Crippen LogP contribution is 2.32. The molecule has 1 aliphatic carbocycles. The van der Waals surface area contributed by atoms with Crippen molar-refractivity contribution >= 4 is 45.9 Å². The second-order valence-corrected chi connectivity index (χ2v) is 11.2. The van der Waals surface area contributed by atoms with Gasteiger partial charge in [-0.2, -0.15) is 15.0 Å². The number of anilines is 3. The fourth-order valence-corrected chi connectivity index (χ4v) is 5.34. The predicted molar refractivity (Wildman–Crippen MR) is 134 cm³/mol. The first-order valence-corrected chi connectivity index (χ1v) is 13.3. The van der Waals surface area contributed by atoms with Gasteiger partial charge in [-0.1, -0.05) is 12.1 Å². The van der Waals surface area contributed by atoms with E-state index in [-0.39, 0.29) is 12.5 Å². The van der Waals surface area contributed by atoms with E-state index in [1.54, 1.807) is 11.3 Å². The van der Waals surface area contributed by atoms with Crippen LogP contribution in [0.4, 0.5) is 17.0 Å². The van der Waals surface area contributed by atoms with Crippen molar-refractivity contribution in [1.29, 1.82) is 0 Å². The van der Waals surface area contributed by atoms with E-state index < -0.39 is 0 Å². The summed E-state index contributed by atoms with van der Waals surface area (Å²) in [4.78, 5) is 34.8. The molecular formula is C24H28N6O2S2. The van der Waals surface area contributed by atoms with Gasteiger partial charge in [0.2, 0.25) is 11.9 Å². The molecule has 2 aromatic heterocycles. The van der Waals surface area contributed by atoms with Crippen LogP contribution in [0.25, 0.3) is 0 Å². The van der Waals surface area contributed by atoms with E-state index in [4.69, 9.17) is 4.98 Å². The number of aryl methyl sites for hydroxylation is 1. The molecule has 10 heteroatoms. The fraction of sp³-hybridized carbons (Fsp3) is 0.458. The summed E-state index contributed by atoms with van der Waals surface area (Å²) in [5, 5.41) is 14.0. The molecule has 1 aliphatic heterocycles. The molecule has 178 valence electrons. The summed E-state index contributed by atoms with van der Waals surface area (Å²) >= 11 is 3.03. The molecule has 2 fully saturated rings. The van der Waals surface area contributed by atoms with Crippen molar-refractivity contribution in [3.8, 4) is 0 Å². The fourth-order valence-electron chi connectivity index (χ4n) is 3.94. The lowest BCUT2D eigenvalue weighted by Gasteiger charge is -2.31. The minimum atomic E-state index is 0.227. The lowest BCUT2D eigenvalue weighted by molar-refractivity contribution is -0.119. The van der Waals surface area contributed by atoms with E-state index in [2.05, 4.69) is 25.2 Å². The Morgan fingerprint density at radius 2 is 1.91 bits per heavy atom. The highest BCUT2D eigenvalue weighted by atomic mass is 32.2. The number of aliphatic hydroxyl groups excluding tert-OH is 1. The van der Waals surface area contributed by atoms with Gasteiger partial charge in [0, 0.05) is 48.0 Å². The van der Waals surface area contributed by atoms with E-state index >= 15 is 0 Å². The molecule has 0 atom stereocenters. The van der Waals surface area contributed by atoms with Gasteiger partial charge in [0.05, 0.1) is 0 Å². The summed E-state index contributed by atoms with van der Waals surface area (Å²) < 4.78 is 0. The number of carbonyl (C=O) groups excluding carboxylic acids is 1. The summed E-state index contributed by atoms with van der Waals surface area (Å²) in [5.74, 6) is 2.08. The molecule has 0 bridgehead atoms. The van der Waals surface area contributed by atoms with Gasteiger partial charge in [0.25, 0.3) is 0 Å². The first-order chi connectivity index (χ1) is 16.6. The molecule has 0 amide bonds. The highest BCUT2D eigenvalue weighted by molar-refractivity contribution is 7.99. The van der Waals surface area contributed by atoms with Crippen LogP contribution in [0.3, 0.4) is 0 Å². The van der Waals surface area contributed by atoms with Crippen molar-refractivity contribution < 1.29 is 9.90 Å². The summed E-state index contributed by atoms with van der Waals surface area (Å²) in [6.45, 7) is 3.85. The van der Waals surface area contributed by atoms with Crippen LogP contribution in [0.1, 0.15) is 36.1 Å². The quantitative estimate of drug-likeness (QED) is 0.449. The largest absolute Gasteiger partial charge is 0.396 e. The standard InChI is InChI=1S/C24H28N6O2S2/c1-15-13-25-23(33-15)27-21-26-22(30-10-8-17(14-31)9-11-30)29-24(28-21)34-19-6-2-16(3-7-19)12-20(32)18-4-5-18/h2-3,6-7,13,17-18,31H,4-5,8-12,14H2,1H3,(H,25,26,27,28,29). The number of ketones is 1. The lowest BCUT2D eigenvalue weighted by Crippen LogP contribution is -2.36. The van der Waals surface area contributed by atoms with Gasteiger partial charge >= 0.3 is 0 Å². The van der Waals surface area contributed by atoms with E-state index in [1.165, 1.54) is 11.8 Å². The number of nitrogens with zero attached hydrogens (tertiary/aromatic N) is 5. The second-order valence-electron chi connectivity index (χ2n) is 8.92. The van der Waals surface area contributed by atoms with E-state index in [1.807, 2.05) is 37.4 Å². The summed E-state index contributed by atoms with van der Waals surface area (Å²) in [5.41, 5.74) is 1.05. The Morgan fingerprint density at radius 1 is 1.15 bits per heavy atom. The maximum absolute atomic E-state index is 12.1. The molecule has 0 radical (unpaired) electrons. The van der Waals surface area contributed by atoms with E-state index in [0.29, 0.717) is 35.2 Å². The van der Waals surface area contributed by atoms with E-state index in [9.17, 15) is 9.90 Å². The molecule has 0 spiro atoms. The molecule has 0 unspecified atom stereocenters. The molecule has 5 rings (SSSR count). The number of benzene rings is 1. The minimum absolute atomic E-state index is 0.227. The molecule has 8 nitrogen and oxygen atoms in total. The zero-order chi connectivity index (χ0) is 23.5. The molecule has 34 heavy (non-hydrogen) atoms. The number of hydrogen-bond donors (Lipinski definition) is 2. The van der Waals surface area contributed by atoms with E-state index in [0.717, 1.165) is 59.2 Å². The first kappa shape index (κ1) is 23.2. The average molecular weight is 497 g/mol. The Balaban J connectivity index is 1.34. The van der Waals surface area contributed by atoms with Crippen molar-refractivity contribution in [2.75, 3.05) is 29.9 Å². The van der Waals surface area contributed by atoms with Crippen LogP contribution in [-0.2, 0) is 11.2 Å². The molecule has 1 saturated heterocycles. The summed E-state index contributed by atoms with van der Waals surface area (Å²) in [7, 11) is 0. The van der Waals surface area contributed by atoms with Gasteiger partial charge in [0.1, 0.15) is 5.78 Å². The van der Waals surface area contributed by atoms with Crippen molar-refractivity contribution in [3.63, 3.8) is 0 Å². The lowest BCUT2D eigenvalue weighted by atomic mass is 9.98. The molecule has 2 aliphatic rings. The number of Topliss-reactive ketones (excluding diaryl/α,β-unsaturated/α-hetero) is 1. The Bertz CT molecular complexity index is 1140. The van der Waals surface area contributed by atoms with Crippen LogP contribution < -0.4 is 10.2 Å². The second kappa shape index (κ2) is 10.4. The molecule has 3 heterocycles. The molecule has 1 saturated carbocycles. The first-order valence-electron chi connectivity index (χ1n) is 11.7. The number of carbonyl (C=O) groups is 1. The Morgan fingerprint density at radius 3 is 2.56 bits per heavy atom. The molecule has 1 aromatic carbocycles.